The highest BCUT2D eigenvalue weighted by atomic mass is 19.4. The summed E-state index contributed by atoms with van der Waals surface area (Å²) >= 11 is 0. The number of nitrogen functional groups attached to an aromatic ring is 1. The fraction of sp³-hybridized carbons (Fsp3) is 0.500. The molecule has 1 aromatic rings. The Bertz CT molecular complexity index is 393. The molecule has 1 aromatic carbocycles. The molecule has 0 aliphatic rings. The number of anilines is 2. The zero-order valence-corrected chi connectivity index (χ0v) is 10.4. The number of likely N-dealkylation sites (N-methyl/N-ethyl adjacent to an activating group) is 1. The monoisotopic (exact) mass is 262 g/mol. The molecular weight excluding hydrogens is 245 g/mol. The number of nitrogens with zero attached hydrogens (tertiary/aromatic N) is 1. The number of benzene rings is 1. The van der Waals surface area contributed by atoms with E-state index in [1.807, 2.05) is 6.92 Å². The number of hydrogen-bond donors (Lipinski definition) is 1. The molecule has 6 heteroatoms. The molecule has 0 atom stereocenters. The largest absolute Gasteiger partial charge is 0.418 e. The van der Waals surface area contributed by atoms with E-state index >= 15 is 0 Å². The third-order valence-electron chi connectivity index (χ3n) is 2.65. The smallest absolute Gasteiger partial charge is 0.398 e. The van der Waals surface area contributed by atoms with Crippen molar-refractivity contribution in [3.8, 4) is 0 Å². The fourth-order valence-corrected chi connectivity index (χ4v) is 1.66. The first kappa shape index (κ1) is 14.6. The van der Waals surface area contributed by atoms with Gasteiger partial charge in [-0.05, 0) is 25.1 Å². The predicted octanol–water partition coefficient (Wildman–Crippen LogP) is 2.76. The van der Waals surface area contributed by atoms with Crippen LogP contribution in [0.3, 0.4) is 0 Å². The van der Waals surface area contributed by atoms with E-state index in [1.54, 1.807) is 18.1 Å². The Morgan fingerprint density at radius 2 is 2.00 bits per heavy atom. The summed E-state index contributed by atoms with van der Waals surface area (Å²) in [7, 11) is 1.55. The van der Waals surface area contributed by atoms with Crippen LogP contribution in [0.1, 0.15) is 12.5 Å². The van der Waals surface area contributed by atoms with Gasteiger partial charge >= 0.3 is 6.18 Å². The van der Waals surface area contributed by atoms with Gasteiger partial charge in [-0.3, -0.25) is 0 Å². The van der Waals surface area contributed by atoms with Crippen molar-refractivity contribution in [2.75, 3.05) is 37.4 Å². The highest BCUT2D eigenvalue weighted by Crippen LogP contribution is 2.35. The number of alkyl halides is 3. The molecule has 0 aliphatic carbocycles. The Hall–Kier alpha value is -1.43. The maximum absolute atomic E-state index is 12.7. The van der Waals surface area contributed by atoms with Crippen LogP contribution in [0.4, 0.5) is 24.5 Å². The lowest BCUT2D eigenvalue weighted by atomic mass is 10.1. The lowest BCUT2D eigenvalue weighted by Crippen LogP contribution is -2.27. The number of nitrogens with two attached hydrogens (primary N) is 1. The molecule has 1 rings (SSSR count). The van der Waals surface area contributed by atoms with E-state index in [1.165, 1.54) is 6.07 Å². The minimum Gasteiger partial charge on any atom is -0.398 e. The first-order valence-electron chi connectivity index (χ1n) is 5.60. The zero-order valence-electron chi connectivity index (χ0n) is 10.4. The Balaban J connectivity index is 3.02. The molecule has 18 heavy (non-hydrogen) atoms. The van der Waals surface area contributed by atoms with Gasteiger partial charge in [0.2, 0.25) is 0 Å². The van der Waals surface area contributed by atoms with Crippen molar-refractivity contribution in [1.29, 1.82) is 0 Å². The molecule has 0 heterocycles. The average molecular weight is 262 g/mol. The van der Waals surface area contributed by atoms with Gasteiger partial charge in [0.25, 0.3) is 0 Å². The minimum atomic E-state index is -4.43. The van der Waals surface area contributed by atoms with Crippen molar-refractivity contribution < 1.29 is 17.9 Å². The predicted molar refractivity (Wildman–Crippen MR) is 65.6 cm³/mol. The van der Waals surface area contributed by atoms with Crippen LogP contribution in [0, 0.1) is 0 Å². The molecule has 0 unspecified atom stereocenters. The van der Waals surface area contributed by atoms with E-state index in [9.17, 15) is 13.2 Å². The van der Waals surface area contributed by atoms with Crippen LogP contribution in [0.2, 0.25) is 0 Å². The molecular formula is C12H17F3N2O. The summed E-state index contributed by atoms with van der Waals surface area (Å²) in [4.78, 5) is 1.80. The van der Waals surface area contributed by atoms with Crippen LogP contribution in [0.5, 0.6) is 0 Å². The van der Waals surface area contributed by atoms with Crippen LogP contribution >= 0.6 is 0 Å². The Morgan fingerprint density at radius 3 is 2.50 bits per heavy atom. The van der Waals surface area contributed by atoms with E-state index in [0.717, 1.165) is 6.07 Å². The topological polar surface area (TPSA) is 38.5 Å². The molecule has 0 aliphatic heterocycles. The number of hydrogen-bond acceptors (Lipinski definition) is 3. The highest BCUT2D eigenvalue weighted by molar-refractivity contribution is 5.59. The highest BCUT2D eigenvalue weighted by Gasteiger charge is 2.33. The third kappa shape index (κ3) is 3.53. The van der Waals surface area contributed by atoms with Crippen molar-refractivity contribution in [3.63, 3.8) is 0 Å². The standard InChI is InChI=1S/C12H17F3N2O/c1-3-17(6-7-18-2)9-4-5-11(16)10(8-9)12(13,14)15/h4-5,8H,3,6-7,16H2,1-2H3. The quantitative estimate of drug-likeness (QED) is 0.829. The summed E-state index contributed by atoms with van der Waals surface area (Å²) < 4.78 is 43.1. The number of methoxy groups -OCH3 is 1. The zero-order chi connectivity index (χ0) is 13.8. The summed E-state index contributed by atoms with van der Waals surface area (Å²) in [5.74, 6) is 0. The molecule has 2 N–H and O–H groups in total. The van der Waals surface area contributed by atoms with Crippen molar-refractivity contribution in [2.24, 2.45) is 0 Å². The van der Waals surface area contributed by atoms with Crippen LogP contribution in [-0.4, -0.2) is 26.8 Å². The molecule has 0 aromatic heterocycles. The fourth-order valence-electron chi connectivity index (χ4n) is 1.66. The minimum absolute atomic E-state index is 0.256. The molecule has 0 radical (unpaired) electrons. The summed E-state index contributed by atoms with van der Waals surface area (Å²) in [6, 6.07) is 3.95. The van der Waals surface area contributed by atoms with Gasteiger partial charge in [-0.1, -0.05) is 0 Å². The lowest BCUT2D eigenvalue weighted by Gasteiger charge is -2.24. The van der Waals surface area contributed by atoms with Crippen LogP contribution < -0.4 is 10.6 Å². The van der Waals surface area contributed by atoms with E-state index in [-0.39, 0.29) is 5.69 Å². The van der Waals surface area contributed by atoms with Gasteiger partial charge in [-0.2, -0.15) is 13.2 Å². The summed E-state index contributed by atoms with van der Waals surface area (Å²) in [6.07, 6.45) is -4.43. The van der Waals surface area contributed by atoms with Gasteiger partial charge < -0.3 is 15.4 Å². The maximum atomic E-state index is 12.7. The van der Waals surface area contributed by atoms with Crippen molar-refractivity contribution in [2.45, 2.75) is 13.1 Å². The Labute approximate surface area is 104 Å². The summed E-state index contributed by atoms with van der Waals surface area (Å²) in [5, 5.41) is 0. The van der Waals surface area contributed by atoms with E-state index < -0.39 is 11.7 Å². The third-order valence-corrected chi connectivity index (χ3v) is 2.65. The number of ether oxygens (including phenoxy) is 1. The molecule has 0 saturated carbocycles. The van der Waals surface area contributed by atoms with Gasteiger partial charge in [0.1, 0.15) is 0 Å². The Kier molecular flexibility index (Phi) is 4.84. The second-order valence-corrected chi connectivity index (χ2v) is 3.84. The first-order chi connectivity index (χ1) is 8.40. The van der Waals surface area contributed by atoms with Crippen LogP contribution in [-0.2, 0) is 10.9 Å². The van der Waals surface area contributed by atoms with E-state index in [0.29, 0.717) is 25.4 Å². The molecule has 0 spiro atoms. The van der Waals surface area contributed by atoms with E-state index in [2.05, 4.69) is 0 Å². The average Bonchev–Trinajstić information content (AvgIpc) is 2.30. The van der Waals surface area contributed by atoms with Gasteiger partial charge in [-0.15, -0.1) is 0 Å². The molecule has 102 valence electrons. The molecule has 3 nitrogen and oxygen atoms in total. The molecule has 0 saturated heterocycles. The second kappa shape index (κ2) is 5.95. The van der Waals surface area contributed by atoms with Crippen LogP contribution in [0.25, 0.3) is 0 Å². The normalized spacial score (nSPS) is 11.6. The Morgan fingerprint density at radius 1 is 1.33 bits per heavy atom. The van der Waals surface area contributed by atoms with E-state index in [4.69, 9.17) is 10.5 Å². The first-order valence-corrected chi connectivity index (χ1v) is 5.60. The molecule has 0 amide bonds. The lowest BCUT2D eigenvalue weighted by molar-refractivity contribution is -0.136. The van der Waals surface area contributed by atoms with Gasteiger partial charge in [-0.25, -0.2) is 0 Å². The molecule has 0 bridgehead atoms. The summed E-state index contributed by atoms with van der Waals surface area (Å²) in [6.45, 7) is 3.47. The van der Waals surface area contributed by atoms with Gasteiger partial charge in [0.05, 0.1) is 12.2 Å². The van der Waals surface area contributed by atoms with Crippen molar-refractivity contribution in [1.82, 2.24) is 0 Å². The summed E-state index contributed by atoms with van der Waals surface area (Å²) in [5.41, 5.74) is 4.80. The van der Waals surface area contributed by atoms with Crippen molar-refractivity contribution >= 4 is 11.4 Å². The van der Waals surface area contributed by atoms with Gasteiger partial charge in [0.15, 0.2) is 0 Å². The van der Waals surface area contributed by atoms with Crippen molar-refractivity contribution in [3.05, 3.63) is 23.8 Å². The maximum Gasteiger partial charge on any atom is 0.418 e. The SMILES string of the molecule is CCN(CCOC)c1ccc(N)c(C(F)(F)F)c1. The second-order valence-electron chi connectivity index (χ2n) is 3.84. The van der Waals surface area contributed by atoms with Gasteiger partial charge in [0, 0.05) is 31.6 Å². The number of rotatable bonds is 5. The molecule has 0 fully saturated rings. The number of halogens is 3. The van der Waals surface area contributed by atoms with Crippen LogP contribution in [0.15, 0.2) is 18.2 Å².